The van der Waals surface area contributed by atoms with Gasteiger partial charge in [-0.3, -0.25) is 9.59 Å². The smallest absolute Gasteiger partial charge is 0.254 e. The molecule has 0 spiro atoms. The van der Waals surface area contributed by atoms with Gasteiger partial charge in [0, 0.05) is 43.5 Å². The number of hydrogen-bond acceptors (Lipinski definition) is 3. The van der Waals surface area contributed by atoms with Crippen molar-refractivity contribution in [1.82, 2.24) is 14.8 Å². The van der Waals surface area contributed by atoms with Crippen molar-refractivity contribution in [2.75, 3.05) is 33.2 Å². The molecule has 1 aliphatic rings. The van der Waals surface area contributed by atoms with Crippen LogP contribution in [0.2, 0.25) is 0 Å². The molecule has 2 heterocycles. The predicted molar refractivity (Wildman–Crippen MR) is 65.2 cm³/mol. The molecule has 0 radical (unpaired) electrons. The molecule has 92 valence electrons. The lowest BCUT2D eigenvalue weighted by Crippen LogP contribution is -2.47. The quantitative estimate of drug-likeness (QED) is 0.749. The van der Waals surface area contributed by atoms with Crippen LogP contribution in [-0.2, 0) is 0 Å². The van der Waals surface area contributed by atoms with Crippen molar-refractivity contribution in [2.45, 2.75) is 6.92 Å². The van der Waals surface area contributed by atoms with Crippen molar-refractivity contribution in [2.24, 2.45) is 0 Å². The zero-order chi connectivity index (χ0) is 12.4. The van der Waals surface area contributed by atoms with E-state index < -0.39 is 0 Å². The summed E-state index contributed by atoms with van der Waals surface area (Å²) in [5, 5.41) is 0. The van der Waals surface area contributed by atoms with E-state index in [0.717, 1.165) is 31.9 Å². The summed E-state index contributed by atoms with van der Waals surface area (Å²) < 4.78 is 0. The molecule has 0 unspecified atom stereocenters. The Labute approximate surface area is 100 Å². The Hall–Kier alpha value is -1.62. The highest BCUT2D eigenvalue weighted by atomic mass is 16.2. The minimum absolute atomic E-state index is 0.0488. The minimum atomic E-state index is -0.220. The molecule has 1 amide bonds. The van der Waals surface area contributed by atoms with Crippen LogP contribution in [0.15, 0.2) is 16.9 Å². The molecule has 0 aliphatic carbocycles. The Morgan fingerprint density at radius 1 is 1.24 bits per heavy atom. The van der Waals surface area contributed by atoms with Crippen molar-refractivity contribution in [3.8, 4) is 0 Å². The fourth-order valence-corrected chi connectivity index (χ4v) is 2.00. The maximum Gasteiger partial charge on any atom is 0.254 e. The average Bonchev–Trinajstić information content (AvgIpc) is 2.28. The number of aryl methyl sites for hydroxylation is 1. The van der Waals surface area contributed by atoms with Gasteiger partial charge in [0.15, 0.2) is 0 Å². The number of carbonyl (C=O) groups is 1. The molecule has 17 heavy (non-hydrogen) atoms. The second-order valence-corrected chi connectivity index (χ2v) is 4.51. The summed E-state index contributed by atoms with van der Waals surface area (Å²) in [5.41, 5.74) is 0.980. The van der Waals surface area contributed by atoms with Gasteiger partial charge in [-0.25, -0.2) is 0 Å². The first-order valence-electron chi connectivity index (χ1n) is 5.75. The number of likely N-dealkylation sites (N-methyl/N-ethyl adjacent to an activating group) is 1. The standard InChI is InChI=1S/C12H17N3O2/c1-9-7-10(8-11(16)13-9)12(17)15-5-3-14(2)4-6-15/h7-8H,3-6H2,1-2H3,(H,13,16). The number of H-pyrrole nitrogens is 1. The van der Waals surface area contributed by atoms with E-state index in [1.54, 1.807) is 17.9 Å². The van der Waals surface area contributed by atoms with Crippen LogP contribution in [0.3, 0.4) is 0 Å². The highest BCUT2D eigenvalue weighted by Crippen LogP contribution is 2.07. The molecule has 2 rings (SSSR count). The van der Waals surface area contributed by atoms with Gasteiger partial charge >= 0.3 is 0 Å². The van der Waals surface area contributed by atoms with E-state index in [4.69, 9.17) is 0 Å². The van der Waals surface area contributed by atoms with Crippen molar-refractivity contribution in [3.63, 3.8) is 0 Å². The summed E-state index contributed by atoms with van der Waals surface area (Å²) in [5.74, 6) is -0.0488. The van der Waals surface area contributed by atoms with Crippen LogP contribution < -0.4 is 5.56 Å². The van der Waals surface area contributed by atoms with Crippen LogP contribution in [0.1, 0.15) is 16.1 Å². The predicted octanol–water partition coefficient (Wildman–Crippen LogP) is 0.0709. The largest absolute Gasteiger partial charge is 0.336 e. The molecule has 1 aromatic heterocycles. The first-order chi connectivity index (χ1) is 8.06. The van der Waals surface area contributed by atoms with Gasteiger partial charge in [-0.1, -0.05) is 0 Å². The SMILES string of the molecule is Cc1cc(C(=O)N2CCN(C)CC2)cc(=O)[nH]1. The highest BCUT2D eigenvalue weighted by Gasteiger charge is 2.20. The molecule has 5 heteroatoms. The number of rotatable bonds is 1. The van der Waals surface area contributed by atoms with Gasteiger partial charge in [-0.2, -0.15) is 0 Å². The van der Waals surface area contributed by atoms with Crippen LogP contribution >= 0.6 is 0 Å². The van der Waals surface area contributed by atoms with Gasteiger partial charge in [0.1, 0.15) is 0 Å². The zero-order valence-corrected chi connectivity index (χ0v) is 10.2. The number of nitrogens with zero attached hydrogens (tertiary/aromatic N) is 2. The Balaban J connectivity index is 2.16. The summed E-state index contributed by atoms with van der Waals surface area (Å²) in [4.78, 5) is 30.1. The number of aromatic amines is 1. The number of aromatic nitrogens is 1. The lowest BCUT2D eigenvalue weighted by Gasteiger charge is -2.32. The molecule has 1 N–H and O–H groups in total. The normalized spacial score (nSPS) is 17.2. The lowest BCUT2D eigenvalue weighted by molar-refractivity contribution is 0.0663. The van der Waals surface area contributed by atoms with Crippen molar-refractivity contribution >= 4 is 5.91 Å². The van der Waals surface area contributed by atoms with Gasteiger partial charge in [0.05, 0.1) is 0 Å². The molecule has 1 aliphatic heterocycles. The molecular formula is C12H17N3O2. The van der Waals surface area contributed by atoms with Crippen LogP contribution in [0.5, 0.6) is 0 Å². The molecule has 0 bridgehead atoms. The maximum atomic E-state index is 12.2. The van der Waals surface area contributed by atoms with Crippen LogP contribution in [0.4, 0.5) is 0 Å². The van der Waals surface area contributed by atoms with E-state index in [1.807, 2.05) is 7.05 Å². The third kappa shape index (κ3) is 2.74. The fourth-order valence-electron chi connectivity index (χ4n) is 2.00. The molecule has 1 aromatic rings. The number of carbonyl (C=O) groups excluding carboxylic acids is 1. The minimum Gasteiger partial charge on any atom is -0.336 e. The zero-order valence-electron chi connectivity index (χ0n) is 10.2. The summed E-state index contributed by atoms with van der Waals surface area (Å²) >= 11 is 0. The third-order valence-corrected chi connectivity index (χ3v) is 3.02. The molecule has 0 aromatic carbocycles. The second kappa shape index (κ2) is 4.71. The fraction of sp³-hybridized carbons (Fsp3) is 0.500. The van der Waals surface area contributed by atoms with E-state index in [1.165, 1.54) is 6.07 Å². The Morgan fingerprint density at radius 3 is 2.47 bits per heavy atom. The van der Waals surface area contributed by atoms with Crippen LogP contribution in [0.25, 0.3) is 0 Å². The van der Waals surface area contributed by atoms with Gasteiger partial charge in [0.25, 0.3) is 5.91 Å². The van der Waals surface area contributed by atoms with Gasteiger partial charge in [0.2, 0.25) is 5.56 Å². The van der Waals surface area contributed by atoms with E-state index in [9.17, 15) is 9.59 Å². The highest BCUT2D eigenvalue weighted by molar-refractivity contribution is 5.94. The monoisotopic (exact) mass is 235 g/mol. The molecule has 1 saturated heterocycles. The number of hydrogen-bond donors (Lipinski definition) is 1. The van der Waals surface area contributed by atoms with E-state index in [0.29, 0.717) is 5.56 Å². The summed E-state index contributed by atoms with van der Waals surface area (Å²) in [7, 11) is 2.04. The van der Waals surface area contributed by atoms with Gasteiger partial charge in [-0.05, 0) is 20.0 Å². The first-order valence-corrected chi connectivity index (χ1v) is 5.75. The molecule has 0 atom stereocenters. The average molecular weight is 235 g/mol. The Morgan fingerprint density at radius 2 is 1.88 bits per heavy atom. The van der Waals surface area contributed by atoms with E-state index >= 15 is 0 Å². The third-order valence-electron chi connectivity index (χ3n) is 3.02. The first kappa shape index (κ1) is 11.9. The Bertz CT molecular complexity index is 473. The van der Waals surface area contributed by atoms with Crippen molar-refractivity contribution in [1.29, 1.82) is 0 Å². The van der Waals surface area contributed by atoms with E-state index in [2.05, 4.69) is 9.88 Å². The number of amides is 1. The maximum absolute atomic E-state index is 12.2. The lowest BCUT2D eigenvalue weighted by atomic mass is 10.2. The molecule has 0 saturated carbocycles. The van der Waals surface area contributed by atoms with Gasteiger partial charge < -0.3 is 14.8 Å². The van der Waals surface area contributed by atoms with Crippen molar-refractivity contribution < 1.29 is 4.79 Å². The summed E-state index contributed by atoms with van der Waals surface area (Å²) in [6.45, 7) is 4.99. The molecule has 5 nitrogen and oxygen atoms in total. The van der Waals surface area contributed by atoms with Crippen molar-refractivity contribution in [3.05, 3.63) is 33.7 Å². The Kier molecular flexibility index (Phi) is 3.28. The number of nitrogens with one attached hydrogen (secondary N) is 1. The number of pyridine rings is 1. The summed E-state index contributed by atoms with van der Waals surface area (Å²) in [6, 6.07) is 3.09. The number of piperazine rings is 1. The molecular weight excluding hydrogens is 218 g/mol. The summed E-state index contributed by atoms with van der Waals surface area (Å²) in [6.07, 6.45) is 0. The van der Waals surface area contributed by atoms with E-state index in [-0.39, 0.29) is 11.5 Å². The topological polar surface area (TPSA) is 56.4 Å². The van der Waals surface area contributed by atoms with Gasteiger partial charge in [-0.15, -0.1) is 0 Å². The van der Waals surface area contributed by atoms with Crippen LogP contribution in [-0.4, -0.2) is 53.9 Å². The molecule has 1 fully saturated rings. The second-order valence-electron chi connectivity index (χ2n) is 4.51. The van der Waals surface area contributed by atoms with Crippen LogP contribution in [0, 0.1) is 6.92 Å².